The van der Waals surface area contributed by atoms with Crippen LogP contribution in [0.1, 0.15) is 19.8 Å². The largest absolute Gasteiger partial charge is 0.331 e. The van der Waals surface area contributed by atoms with Crippen LogP contribution in [-0.4, -0.2) is 15.3 Å². The Hall–Kier alpha value is -1.64. The molecule has 15 heavy (non-hydrogen) atoms. The van der Waals surface area contributed by atoms with E-state index in [0.29, 0.717) is 6.42 Å². The van der Waals surface area contributed by atoms with Crippen LogP contribution < -0.4 is 0 Å². The lowest BCUT2D eigenvalue weighted by Gasteiger charge is -2.02. The molecule has 0 saturated carbocycles. The van der Waals surface area contributed by atoms with Crippen molar-refractivity contribution in [3.05, 3.63) is 30.6 Å². The summed E-state index contributed by atoms with van der Waals surface area (Å²) >= 11 is 0. The fraction of sp³-hybridized carbons (Fsp3) is 0.333. The minimum atomic E-state index is 0.249. The van der Waals surface area contributed by atoms with Crippen molar-refractivity contribution in [3.63, 3.8) is 0 Å². The van der Waals surface area contributed by atoms with Gasteiger partial charge in [-0.2, -0.15) is 0 Å². The zero-order valence-corrected chi connectivity index (χ0v) is 8.81. The molecule has 0 aliphatic rings. The molecule has 0 aliphatic carbocycles. The zero-order chi connectivity index (χ0) is 10.7. The number of ketones is 1. The number of carbonyl (C=O) groups is 1. The monoisotopic (exact) mass is 202 g/mol. The average molecular weight is 202 g/mol. The molecular weight excluding hydrogens is 188 g/mol. The van der Waals surface area contributed by atoms with Crippen LogP contribution in [0.5, 0.6) is 0 Å². The molecule has 0 bridgehead atoms. The Bertz CT molecular complexity index is 473. The van der Waals surface area contributed by atoms with Crippen molar-refractivity contribution in [3.8, 4) is 0 Å². The summed E-state index contributed by atoms with van der Waals surface area (Å²) in [6.45, 7) is 2.49. The Morgan fingerprint density at radius 3 is 3.00 bits per heavy atom. The Morgan fingerprint density at radius 1 is 1.40 bits per heavy atom. The van der Waals surface area contributed by atoms with Crippen LogP contribution >= 0.6 is 0 Å². The molecule has 1 aromatic heterocycles. The highest BCUT2D eigenvalue weighted by atomic mass is 16.1. The molecule has 3 nitrogen and oxygen atoms in total. The Kier molecular flexibility index (Phi) is 2.81. The van der Waals surface area contributed by atoms with Gasteiger partial charge < -0.3 is 9.36 Å². The van der Waals surface area contributed by atoms with E-state index < -0.39 is 0 Å². The van der Waals surface area contributed by atoms with Crippen LogP contribution in [0.4, 0.5) is 0 Å². The number of aryl methyl sites for hydroxylation is 1. The number of Topliss-reactive ketones (excluding diaryl/α,β-unsaturated/α-hetero) is 1. The SMILES string of the molecule is CC(=O)CCCn1cnc2ccccc21. The van der Waals surface area contributed by atoms with Crippen LogP contribution in [0.15, 0.2) is 30.6 Å². The summed E-state index contributed by atoms with van der Waals surface area (Å²) in [6.07, 6.45) is 3.37. The highest BCUT2D eigenvalue weighted by molar-refractivity contribution is 5.76. The van der Waals surface area contributed by atoms with Gasteiger partial charge >= 0.3 is 0 Å². The van der Waals surface area contributed by atoms with E-state index >= 15 is 0 Å². The highest BCUT2D eigenvalue weighted by Gasteiger charge is 2.01. The van der Waals surface area contributed by atoms with E-state index in [-0.39, 0.29) is 5.78 Å². The second kappa shape index (κ2) is 4.26. The number of rotatable bonds is 4. The van der Waals surface area contributed by atoms with E-state index in [1.165, 1.54) is 0 Å². The fourth-order valence-corrected chi connectivity index (χ4v) is 1.69. The first kappa shape index (κ1) is 9.90. The third kappa shape index (κ3) is 2.24. The van der Waals surface area contributed by atoms with Crippen LogP contribution in [0, 0.1) is 0 Å². The normalized spacial score (nSPS) is 10.7. The molecule has 78 valence electrons. The van der Waals surface area contributed by atoms with Gasteiger partial charge in [0.25, 0.3) is 0 Å². The maximum atomic E-state index is 10.8. The molecule has 0 N–H and O–H groups in total. The van der Waals surface area contributed by atoms with Crippen molar-refractivity contribution in [1.29, 1.82) is 0 Å². The number of para-hydroxylation sites is 2. The quantitative estimate of drug-likeness (QED) is 0.763. The third-order valence-corrected chi connectivity index (χ3v) is 2.46. The predicted molar refractivity (Wildman–Crippen MR) is 59.6 cm³/mol. The smallest absolute Gasteiger partial charge is 0.129 e. The molecule has 1 heterocycles. The molecule has 2 rings (SSSR count). The lowest BCUT2D eigenvalue weighted by Crippen LogP contribution is -1.98. The molecule has 0 saturated heterocycles. The van der Waals surface area contributed by atoms with E-state index in [4.69, 9.17) is 0 Å². The third-order valence-electron chi connectivity index (χ3n) is 2.46. The molecule has 0 spiro atoms. The second-order valence-corrected chi connectivity index (χ2v) is 3.73. The first-order valence-electron chi connectivity index (χ1n) is 5.16. The van der Waals surface area contributed by atoms with Crippen LogP contribution in [-0.2, 0) is 11.3 Å². The van der Waals surface area contributed by atoms with Gasteiger partial charge in [-0.05, 0) is 25.5 Å². The number of carbonyl (C=O) groups excluding carboxylic acids is 1. The van der Waals surface area contributed by atoms with Gasteiger partial charge in [0.15, 0.2) is 0 Å². The maximum Gasteiger partial charge on any atom is 0.129 e. The van der Waals surface area contributed by atoms with E-state index in [2.05, 4.69) is 15.6 Å². The first-order valence-corrected chi connectivity index (χ1v) is 5.16. The minimum Gasteiger partial charge on any atom is -0.331 e. The minimum absolute atomic E-state index is 0.249. The van der Waals surface area contributed by atoms with Crippen molar-refractivity contribution in [2.24, 2.45) is 0 Å². The standard InChI is InChI=1S/C12H14N2O/c1-10(15)5-4-8-14-9-13-11-6-2-3-7-12(11)14/h2-3,6-7,9H,4-5,8H2,1H3. The van der Waals surface area contributed by atoms with Gasteiger partial charge in [0.2, 0.25) is 0 Å². The number of hydrogen-bond donors (Lipinski definition) is 0. The van der Waals surface area contributed by atoms with Crippen LogP contribution in [0.2, 0.25) is 0 Å². The molecule has 2 aromatic rings. The van der Waals surface area contributed by atoms with Gasteiger partial charge in [-0.3, -0.25) is 0 Å². The Balaban J connectivity index is 2.11. The van der Waals surface area contributed by atoms with Crippen molar-refractivity contribution in [2.75, 3.05) is 0 Å². The topological polar surface area (TPSA) is 34.9 Å². The lowest BCUT2D eigenvalue weighted by atomic mass is 10.2. The number of benzene rings is 1. The van der Waals surface area contributed by atoms with Crippen LogP contribution in [0.3, 0.4) is 0 Å². The predicted octanol–water partition coefficient (Wildman–Crippen LogP) is 2.41. The number of fused-ring (bicyclic) bond motifs is 1. The molecule has 0 fully saturated rings. The fourth-order valence-electron chi connectivity index (χ4n) is 1.69. The molecule has 3 heteroatoms. The van der Waals surface area contributed by atoms with E-state index in [1.54, 1.807) is 6.92 Å². The summed E-state index contributed by atoms with van der Waals surface area (Å²) in [4.78, 5) is 15.1. The molecule has 0 amide bonds. The van der Waals surface area contributed by atoms with Gasteiger partial charge in [0, 0.05) is 13.0 Å². The van der Waals surface area contributed by atoms with Gasteiger partial charge in [0.1, 0.15) is 5.78 Å². The number of imidazole rings is 1. The molecular formula is C12H14N2O. The summed E-state index contributed by atoms with van der Waals surface area (Å²) < 4.78 is 2.10. The van der Waals surface area contributed by atoms with Crippen LogP contribution in [0.25, 0.3) is 11.0 Å². The summed E-state index contributed by atoms with van der Waals surface area (Å²) in [7, 11) is 0. The van der Waals surface area contributed by atoms with Gasteiger partial charge in [-0.1, -0.05) is 12.1 Å². The zero-order valence-electron chi connectivity index (χ0n) is 8.81. The molecule has 0 atom stereocenters. The summed E-state index contributed by atoms with van der Waals surface area (Å²) in [6, 6.07) is 8.04. The summed E-state index contributed by atoms with van der Waals surface area (Å²) in [5, 5.41) is 0. The molecule has 1 aromatic carbocycles. The number of hydrogen-bond acceptors (Lipinski definition) is 2. The molecule has 0 aliphatic heterocycles. The number of aromatic nitrogens is 2. The van der Waals surface area contributed by atoms with Gasteiger partial charge in [-0.15, -0.1) is 0 Å². The summed E-state index contributed by atoms with van der Waals surface area (Å²) in [5.41, 5.74) is 2.15. The maximum absolute atomic E-state index is 10.8. The van der Waals surface area contributed by atoms with Crippen molar-refractivity contribution < 1.29 is 4.79 Å². The van der Waals surface area contributed by atoms with Crippen molar-refractivity contribution in [1.82, 2.24) is 9.55 Å². The Morgan fingerprint density at radius 2 is 2.20 bits per heavy atom. The second-order valence-electron chi connectivity index (χ2n) is 3.73. The molecule has 0 radical (unpaired) electrons. The van der Waals surface area contributed by atoms with Crippen molar-refractivity contribution >= 4 is 16.8 Å². The van der Waals surface area contributed by atoms with E-state index in [0.717, 1.165) is 24.0 Å². The van der Waals surface area contributed by atoms with E-state index in [1.807, 2.05) is 24.5 Å². The highest BCUT2D eigenvalue weighted by Crippen LogP contribution is 2.12. The molecule has 0 unspecified atom stereocenters. The lowest BCUT2D eigenvalue weighted by molar-refractivity contribution is -0.117. The Labute approximate surface area is 88.7 Å². The van der Waals surface area contributed by atoms with Gasteiger partial charge in [0.05, 0.1) is 17.4 Å². The average Bonchev–Trinajstić information content (AvgIpc) is 2.62. The summed E-state index contributed by atoms with van der Waals surface area (Å²) in [5.74, 6) is 0.249. The number of nitrogens with zero attached hydrogens (tertiary/aromatic N) is 2. The van der Waals surface area contributed by atoms with E-state index in [9.17, 15) is 4.79 Å². The van der Waals surface area contributed by atoms with Crippen molar-refractivity contribution in [2.45, 2.75) is 26.3 Å². The first-order chi connectivity index (χ1) is 7.27. The van der Waals surface area contributed by atoms with Gasteiger partial charge in [-0.25, -0.2) is 4.98 Å².